The van der Waals surface area contributed by atoms with E-state index in [0.717, 1.165) is 6.42 Å². The molecule has 0 radical (unpaired) electrons. The van der Waals surface area contributed by atoms with Crippen LogP contribution in [0.1, 0.15) is 33.6 Å². The highest BCUT2D eigenvalue weighted by Crippen LogP contribution is 2.18. The first kappa shape index (κ1) is 9.95. The third kappa shape index (κ3) is 6.08. The number of esters is 1. The molecule has 0 atom stereocenters. The van der Waals surface area contributed by atoms with Crippen LogP contribution in [0.4, 0.5) is 0 Å². The van der Waals surface area contributed by atoms with Crippen molar-refractivity contribution < 1.29 is 9.53 Å². The minimum atomic E-state index is -0.515. The summed E-state index contributed by atoms with van der Waals surface area (Å²) in [5.74, 6) is -0.149. The fraction of sp³-hybridized carbons (Fsp3) is 0.857. The predicted molar refractivity (Wildman–Crippen MR) is 44.0 cm³/mol. The van der Waals surface area contributed by atoms with Crippen LogP contribution in [0.15, 0.2) is 0 Å². The van der Waals surface area contributed by atoms with E-state index < -0.39 is 4.51 Å². The Balaban J connectivity index is 3.58. The molecule has 0 aliphatic rings. The minimum Gasteiger partial charge on any atom is -0.448 e. The summed E-state index contributed by atoms with van der Waals surface area (Å²) in [6, 6.07) is 0. The quantitative estimate of drug-likeness (QED) is 0.527. The smallest absolute Gasteiger partial charge is 0.307 e. The van der Waals surface area contributed by atoms with Gasteiger partial charge >= 0.3 is 5.97 Å². The first-order valence-electron chi connectivity index (χ1n) is 3.36. The van der Waals surface area contributed by atoms with Crippen molar-refractivity contribution in [3.8, 4) is 0 Å². The van der Waals surface area contributed by atoms with Crippen LogP contribution in [0.5, 0.6) is 0 Å². The van der Waals surface area contributed by atoms with Crippen LogP contribution in [0.2, 0.25) is 0 Å². The second kappa shape index (κ2) is 3.96. The molecule has 0 rings (SSSR count). The van der Waals surface area contributed by atoms with Gasteiger partial charge in [-0.05, 0) is 36.2 Å². The molecule has 2 nitrogen and oxygen atoms in total. The van der Waals surface area contributed by atoms with Gasteiger partial charge in [-0.3, -0.25) is 4.79 Å². The number of halogens is 1. The normalized spacial score (nSPS) is 11.2. The molecule has 0 aliphatic heterocycles. The van der Waals surface area contributed by atoms with E-state index in [4.69, 9.17) is 4.74 Å². The van der Waals surface area contributed by atoms with Gasteiger partial charge in [-0.25, -0.2) is 0 Å². The summed E-state index contributed by atoms with van der Waals surface area (Å²) < 4.78 is 4.44. The lowest BCUT2D eigenvalue weighted by atomic mass is 10.3. The van der Waals surface area contributed by atoms with E-state index in [1.54, 1.807) is 13.8 Å². The van der Waals surface area contributed by atoms with Gasteiger partial charge in [0.1, 0.15) is 0 Å². The molecular weight excluding hydrogens is 196 g/mol. The van der Waals surface area contributed by atoms with Crippen LogP contribution in [0.3, 0.4) is 0 Å². The fourth-order valence-corrected chi connectivity index (χ4v) is 0.706. The summed E-state index contributed by atoms with van der Waals surface area (Å²) in [5.41, 5.74) is 0. The van der Waals surface area contributed by atoms with Crippen molar-refractivity contribution >= 4 is 21.9 Å². The van der Waals surface area contributed by atoms with E-state index in [-0.39, 0.29) is 5.97 Å². The summed E-state index contributed by atoms with van der Waals surface area (Å²) in [6.45, 7) is 5.53. The van der Waals surface area contributed by atoms with E-state index in [2.05, 4.69) is 15.9 Å². The number of carbonyl (C=O) groups is 1. The number of rotatable bonds is 3. The maximum Gasteiger partial charge on any atom is 0.307 e. The second-order valence-electron chi connectivity index (χ2n) is 2.59. The van der Waals surface area contributed by atoms with Crippen LogP contribution in [0.25, 0.3) is 0 Å². The van der Waals surface area contributed by atoms with E-state index in [1.165, 1.54) is 0 Å². The lowest BCUT2D eigenvalue weighted by molar-refractivity contribution is -0.149. The Kier molecular flexibility index (Phi) is 3.94. The van der Waals surface area contributed by atoms with Crippen LogP contribution in [-0.4, -0.2) is 10.5 Å². The summed E-state index contributed by atoms with van der Waals surface area (Å²) in [5, 5.41) is 0. The molecule has 0 saturated heterocycles. The van der Waals surface area contributed by atoms with Gasteiger partial charge in [0, 0.05) is 6.42 Å². The first-order valence-corrected chi connectivity index (χ1v) is 4.16. The highest BCUT2D eigenvalue weighted by Gasteiger charge is 2.16. The van der Waals surface area contributed by atoms with Crippen LogP contribution >= 0.6 is 15.9 Å². The van der Waals surface area contributed by atoms with E-state index in [9.17, 15) is 4.79 Å². The van der Waals surface area contributed by atoms with Crippen molar-refractivity contribution in [2.45, 2.75) is 38.1 Å². The van der Waals surface area contributed by atoms with Crippen molar-refractivity contribution in [1.82, 2.24) is 0 Å². The second-order valence-corrected chi connectivity index (χ2v) is 4.50. The average Bonchev–Trinajstić information content (AvgIpc) is 1.59. The highest BCUT2D eigenvalue weighted by molar-refractivity contribution is 9.10. The molecule has 0 heterocycles. The summed E-state index contributed by atoms with van der Waals surface area (Å²) in [7, 11) is 0. The molecule has 0 fully saturated rings. The Bertz CT molecular complexity index is 115. The van der Waals surface area contributed by atoms with Crippen LogP contribution in [-0.2, 0) is 9.53 Å². The molecule has 0 saturated carbocycles. The molecule has 0 aromatic heterocycles. The van der Waals surface area contributed by atoms with Gasteiger partial charge < -0.3 is 4.74 Å². The Hall–Kier alpha value is -0.0500. The summed E-state index contributed by atoms with van der Waals surface area (Å²) >= 11 is 3.21. The minimum absolute atomic E-state index is 0.149. The topological polar surface area (TPSA) is 26.3 Å². The van der Waals surface area contributed by atoms with Crippen molar-refractivity contribution in [2.24, 2.45) is 0 Å². The molecule has 0 aromatic carbocycles. The van der Waals surface area contributed by atoms with Gasteiger partial charge in [0.25, 0.3) is 0 Å². The van der Waals surface area contributed by atoms with Crippen LogP contribution in [0, 0.1) is 0 Å². The molecular formula is C7H13BrO2. The lowest BCUT2D eigenvalue weighted by Crippen LogP contribution is -2.19. The maximum atomic E-state index is 10.8. The fourth-order valence-electron chi connectivity index (χ4n) is 0.526. The van der Waals surface area contributed by atoms with Crippen molar-refractivity contribution in [1.29, 1.82) is 0 Å². The third-order valence-corrected chi connectivity index (χ3v) is 0.973. The number of hydrogen-bond acceptors (Lipinski definition) is 2. The van der Waals surface area contributed by atoms with E-state index in [1.807, 2.05) is 6.92 Å². The van der Waals surface area contributed by atoms with Gasteiger partial charge in [0.05, 0.1) is 0 Å². The zero-order valence-corrected chi connectivity index (χ0v) is 8.19. The Morgan fingerprint density at radius 2 is 2.10 bits per heavy atom. The highest BCUT2D eigenvalue weighted by atomic mass is 79.9. The molecule has 0 amide bonds. The molecule has 3 heteroatoms. The summed E-state index contributed by atoms with van der Waals surface area (Å²) in [4.78, 5) is 10.8. The van der Waals surface area contributed by atoms with Crippen molar-refractivity contribution in [2.75, 3.05) is 0 Å². The third-order valence-electron chi connectivity index (χ3n) is 0.811. The molecule has 0 aromatic rings. The van der Waals surface area contributed by atoms with Crippen molar-refractivity contribution in [3.63, 3.8) is 0 Å². The van der Waals surface area contributed by atoms with Gasteiger partial charge in [-0.2, -0.15) is 0 Å². The largest absolute Gasteiger partial charge is 0.448 e. The zero-order valence-electron chi connectivity index (χ0n) is 6.61. The number of ether oxygens (including phenoxy) is 1. The zero-order chi connectivity index (χ0) is 8.20. The molecule has 0 spiro atoms. The van der Waals surface area contributed by atoms with Gasteiger partial charge in [0.2, 0.25) is 0 Å². The summed E-state index contributed by atoms with van der Waals surface area (Å²) in [6.07, 6.45) is 1.33. The molecule has 0 unspecified atom stereocenters. The van der Waals surface area contributed by atoms with Gasteiger partial charge in [-0.1, -0.05) is 6.92 Å². The van der Waals surface area contributed by atoms with Gasteiger partial charge in [0.15, 0.2) is 4.51 Å². The first-order chi connectivity index (χ1) is 4.45. The SMILES string of the molecule is CCCC(=O)OC(C)(C)Br. The van der Waals surface area contributed by atoms with Crippen molar-refractivity contribution in [3.05, 3.63) is 0 Å². The standard InChI is InChI=1S/C7H13BrO2/c1-4-5-6(9)10-7(2,3)8/h4-5H2,1-3H3. The monoisotopic (exact) mass is 208 g/mol. The Morgan fingerprint density at radius 3 is 2.40 bits per heavy atom. The number of alkyl halides is 1. The van der Waals surface area contributed by atoms with E-state index in [0.29, 0.717) is 6.42 Å². The van der Waals surface area contributed by atoms with Gasteiger partial charge in [-0.15, -0.1) is 0 Å². The molecule has 0 N–H and O–H groups in total. The average molecular weight is 209 g/mol. The Morgan fingerprint density at radius 1 is 1.60 bits per heavy atom. The van der Waals surface area contributed by atoms with E-state index >= 15 is 0 Å². The van der Waals surface area contributed by atoms with Crippen LogP contribution < -0.4 is 0 Å². The maximum absolute atomic E-state index is 10.8. The molecule has 60 valence electrons. The predicted octanol–water partition coefficient (Wildman–Crippen LogP) is 2.46. The molecule has 0 bridgehead atoms. The molecule has 0 aliphatic carbocycles. The Labute approximate surface area is 70.1 Å². The number of hydrogen-bond donors (Lipinski definition) is 0. The lowest BCUT2D eigenvalue weighted by Gasteiger charge is -2.16. The molecule has 10 heavy (non-hydrogen) atoms. The number of carbonyl (C=O) groups excluding carboxylic acids is 1.